The molecule has 17 nitrogen and oxygen atoms in total. The SMILES string of the molecule is C1CCOC1.C[C@@H]1CN(c2nc(-c3ccc(N=C=S)cc3)nn3cccc23)C[C@H](C)O1.C[C@@H]1CN(c2nc(-c3ccc(NC(=S)NCCO)cc3)nn3cccc23)C[C@H](C)O1.NCCO. The van der Waals surface area contributed by atoms with Crippen LogP contribution < -0.4 is 26.2 Å². The third-order valence-electron chi connectivity index (χ3n) is 10.2. The van der Waals surface area contributed by atoms with Gasteiger partial charge in [0.05, 0.1) is 48.5 Å². The van der Waals surface area contributed by atoms with Gasteiger partial charge >= 0.3 is 0 Å². The highest BCUT2D eigenvalue weighted by atomic mass is 32.1. The molecule has 6 aromatic rings. The van der Waals surface area contributed by atoms with E-state index in [9.17, 15) is 0 Å². The van der Waals surface area contributed by atoms with Crippen molar-refractivity contribution in [3.63, 3.8) is 0 Å². The first-order chi connectivity index (χ1) is 31.6. The second-order valence-electron chi connectivity index (χ2n) is 15.8. The summed E-state index contributed by atoms with van der Waals surface area (Å²) in [7, 11) is 0. The molecule has 4 aromatic heterocycles. The number of thiocarbonyl (C=S) groups is 2. The molecule has 3 aliphatic rings. The number of nitrogens with two attached hydrogens (primary N) is 1. The van der Waals surface area contributed by atoms with Crippen molar-refractivity contribution < 1.29 is 24.4 Å². The van der Waals surface area contributed by atoms with Gasteiger partial charge in [0.25, 0.3) is 0 Å². The Labute approximate surface area is 390 Å². The fourth-order valence-corrected chi connectivity index (χ4v) is 7.87. The van der Waals surface area contributed by atoms with E-state index in [0.717, 1.165) is 84.6 Å². The lowest BCUT2D eigenvalue weighted by molar-refractivity contribution is -0.00565. The van der Waals surface area contributed by atoms with Crippen LogP contribution in [-0.2, 0) is 14.2 Å². The van der Waals surface area contributed by atoms with Crippen LogP contribution in [0.15, 0.2) is 90.2 Å². The van der Waals surface area contributed by atoms with Crippen LogP contribution in [0, 0.1) is 0 Å². The average molecular weight is 925 g/mol. The minimum absolute atomic E-state index is 0.0308. The summed E-state index contributed by atoms with van der Waals surface area (Å²) < 4.78 is 20.5. The molecule has 0 saturated carbocycles. The first-order valence-corrected chi connectivity index (χ1v) is 22.7. The van der Waals surface area contributed by atoms with Crippen molar-refractivity contribution in [2.24, 2.45) is 10.7 Å². The maximum absolute atomic E-state index is 8.87. The van der Waals surface area contributed by atoms with Crippen molar-refractivity contribution >= 4 is 68.8 Å². The number of aromatic nitrogens is 6. The third kappa shape index (κ3) is 14.0. The van der Waals surface area contributed by atoms with Gasteiger partial charge in [0, 0.05) is 81.7 Å². The molecule has 3 fully saturated rings. The van der Waals surface area contributed by atoms with E-state index >= 15 is 0 Å². The molecule has 4 atom stereocenters. The Balaban J connectivity index is 0.000000182. The lowest BCUT2D eigenvalue weighted by Gasteiger charge is -2.36. The van der Waals surface area contributed by atoms with Crippen molar-refractivity contribution in [3.05, 3.63) is 85.2 Å². The fraction of sp³-hybridized carbons (Fsp3) is 0.435. The molecule has 3 saturated heterocycles. The van der Waals surface area contributed by atoms with Crippen molar-refractivity contribution in [1.82, 2.24) is 34.5 Å². The number of aliphatic hydroxyl groups excluding tert-OH is 2. The van der Waals surface area contributed by atoms with E-state index in [1.54, 1.807) is 0 Å². The lowest BCUT2D eigenvalue weighted by Crippen LogP contribution is -2.46. The molecule has 0 aliphatic carbocycles. The van der Waals surface area contributed by atoms with E-state index in [2.05, 4.69) is 75.6 Å². The van der Waals surface area contributed by atoms with Crippen LogP contribution in [0.3, 0.4) is 0 Å². The van der Waals surface area contributed by atoms with Gasteiger partial charge in [-0.3, -0.25) is 0 Å². The Kier molecular flexibility index (Phi) is 18.6. The predicted molar refractivity (Wildman–Crippen MR) is 263 cm³/mol. The summed E-state index contributed by atoms with van der Waals surface area (Å²) in [4.78, 5) is 18.3. The molecule has 0 bridgehead atoms. The molecule has 0 amide bonds. The maximum Gasteiger partial charge on any atom is 0.182 e. The number of nitrogens with one attached hydrogen (secondary N) is 2. The Bertz CT molecular complexity index is 2430. The number of isothiocyanates is 1. The molecular weight excluding hydrogens is 865 g/mol. The van der Waals surface area contributed by atoms with Crippen LogP contribution in [-0.4, -0.2) is 140 Å². The second-order valence-corrected chi connectivity index (χ2v) is 16.4. The summed E-state index contributed by atoms with van der Waals surface area (Å²) in [6, 6.07) is 23.5. The standard InChI is InChI=1S/C21H26N6O2S.C19H19N5OS.C4H8O.C2H7NO/c1-14-12-26(13-15(2)29-14)20-18-4-3-10-27(18)25-19(24-20)16-5-7-17(8-6-16)23-21(30)22-9-11-28;1-13-10-23(11-14(2)25-13)19-17-4-3-9-24(17)22-18(21-19)15-5-7-16(8-6-15)20-12-26;1-2-4-5-3-1;3-1-2-4/h3-8,10,14-15,28H,9,11-13H2,1-2H3,(H2,22,23,30);3-9,13-14H,10-11H2,1-2H3;1-4H2;4H,1-3H2/t14-,15+;13-,14+;;. The minimum atomic E-state index is 0.0308. The van der Waals surface area contributed by atoms with E-state index < -0.39 is 0 Å². The van der Waals surface area contributed by atoms with Crippen LogP contribution in [0.4, 0.5) is 23.0 Å². The Hall–Kier alpha value is -5.47. The zero-order chi connectivity index (χ0) is 46.1. The first-order valence-electron chi connectivity index (χ1n) is 21.9. The van der Waals surface area contributed by atoms with Crippen LogP contribution in [0.1, 0.15) is 40.5 Å². The molecule has 9 rings (SSSR count). The van der Waals surface area contributed by atoms with Crippen molar-refractivity contribution in [2.45, 2.75) is 65.0 Å². The molecule has 346 valence electrons. The van der Waals surface area contributed by atoms with Gasteiger partial charge in [-0.1, -0.05) is 0 Å². The largest absolute Gasteiger partial charge is 0.395 e. The zero-order valence-electron chi connectivity index (χ0n) is 37.4. The number of hydrogen-bond donors (Lipinski definition) is 5. The van der Waals surface area contributed by atoms with Gasteiger partial charge in [-0.05, 0) is 138 Å². The van der Waals surface area contributed by atoms with E-state index in [4.69, 9.17) is 57.4 Å². The van der Waals surface area contributed by atoms with Gasteiger partial charge in [0.2, 0.25) is 0 Å². The summed E-state index contributed by atoms with van der Waals surface area (Å²) in [5, 5.41) is 34.8. The molecule has 0 spiro atoms. The van der Waals surface area contributed by atoms with E-state index in [-0.39, 0.29) is 37.6 Å². The predicted octanol–water partition coefficient (Wildman–Crippen LogP) is 5.77. The quantitative estimate of drug-likeness (QED) is 0.0865. The van der Waals surface area contributed by atoms with Crippen LogP contribution >= 0.6 is 24.4 Å². The molecular formula is C46H60N12O5S2. The Morgan fingerprint density at radius 3 is 1.60 bits per heavy atom. The van der Waals surface area contributed by atoms with Gasteiger partial charge in [-0.2, -0.15) is 4.99 Å². The van der Waals surface area contributed by atoms with Crippen molar-refractivity contribution in [3.8, 4) is 22.8 Å². The molecule has 2 aromatic carbocycles. The topological polar surface area (TPSA) is 197 Å². The highest BCUT2D eigenvalue weighted by molar-refractivity contribution is 7.80. The van der Waals surface area contributed by atoms with Crippen LogP contribution in [0.2, 0.25) is 0 Å². The molecule has 6 N–H and O–H groups in total. The third-order valence-corrected chi connectivity index (χ3v) is 10.6. The molecule has 0 unspecified atom stereocenters. The summed E-state index contributed by atoms with van der Waals surface area (Å²) in [6.45, 7) is 14.5. The molecule has 7 heterocycles. The molecule has 19 heteroatoms. The van der Waals surface area contributed by atoms with E-state index in [1.165, 1.54) is 12.8 Å². The van der Waals surface area contributed by atoms with E-state index in [1.807, 2.05) is 94.2 Å². The summed E-state index contributed by atoms with van der Waals surface area (Å²) >= 11 is 9.85. The van der Waals surface area contributed by atoms with Gasteiger partial charge in [-0.25, -0.2) is 19.0 Å². The number of anilines is 3. The molecule has 65 heavy (non-hydrogen) atoms. The molecule has 3 aliphatic heterocycles. The number of fused-ring (bicyclic) bond motifs is 2. The normalized spacial score (nSPS) is 19.2. The number of benzene rings is 2. The number of morpholine rings is 2. The second kappa shape index (κ2) is 24.7. The van der Waals surface area contributed by atoms with Gasteiger partial charge in [-0.15, -0.1) is 10.2 Å². The minimum Gasteiger partial charge on any atom is -0.395 e. The van der Waals surface area contributed by atoms with Gasteiger partial charge in [0.15, 0.2) is 28.4 Å². The highest BCUT2D eigenvalue weighted by Crippen LogP contribution is 2.29. The fourth-order valence-electron chi connectivity index (χ4n) is 7.54. The Morgan fingerprint density at radius 1 is 0.738 bits per heavy atom. The van der Waals surface area contributed by atoms with Gasteiger partial charge < -0.3 is 50.6 Å². The number of aliphatic imine (C=N–C) groups is 1. The first kappa shape index (κ1) is 49.0. The number of rotatable bonds is 9. The smallest absolute Gasteiger partial charge is 0.182 e. The highest BCUT2D eigenvalue weighted by Gasteiger charge is 2.27. The number of ether oxygens (including phenoxy) is 3. The summed E-state index contributed by atoms with van der Waals surface area (Å²) in [5.41, 5.74) is 10.2. The number of hydrogen-bond acceptors (Lipinski definition) is 15. The van der Waals surface area contributed by atoms with Gasteiger partial charge in [0.1, 0.15) is 11.0 Å². The average Bonchev–Trinajstić information content (AvgIpc) is 4.13. The Morgan fingerprint density at radius 2 is 1.20 bits per heavy atom. The number of aliphatic hydroxyl groups is 2. The molecule has 0 radical (unpaired) electrons. The van der Waals surface area contributed by atoms with Crippen molar-refractivity contribution in [1.29, 1.82) is 0 Å². The number of nitrogens with zero attached hydrogens (tertiary/aromatic N) is 9. The monoisotopic (exact) mass is 924 g/mol. The van der Waals surface area contributed by atoms with Crippen LogP contribution in [0.5, 0.6) is 0 Å². The van der Waals surface area contributed by atoms with Crippen LogP contribution in [0.25, 0.3) is 33.8 Å². The summed E-state index contributed by atoms with van der Waals surface area (Å²) in [5.74, 6) is 3.19. The lowest BCUT2D eigenvalue weighted by atomic mass is 10.2. The zero-order valence-corrected chi connectivity index (χ0v) is 39.0. The summed E-state index contributed by atoms with van der Waals surface area (Å²) in [6.07, 6.45) is 7.07. The van der Waals surface area contributed by atoms with E-state index in [0.29, 0.717) is 29.9 Å². The maximum atomic E-state index is 8.87. The van der Waals surface area contributed by atoms with Crippen molar-refractivity contribution in [2.75, 3.05) is 80.8 Å².